The van der Waals surface area contributed by atoms with Gasteiger partial charge in [0.05, 0.1) is 9.52 Å². The molecule has 2 radical (unpaired) electrons. The van der Waals surface area contributed by atoms with E-state index >= 15 is 0 Å². The van der Waals surface area contributed by atoms with E-state index in [9.17, 15) is 0 Å². The average molecular weight is 679 g/mol. The Morgan fingerprint density at radius 3 is 2.19 bits per heavy atom. The van der Waals surface area contributed by atoms with E-state index in [1.54, 1.807) is 0 Å². The van der Waals surface area contributed by atoms with Crippen molar-refractivity contribution in [3.05, 3.63) is 139 Å². The van der Waals surface area contributed by atoms with Gasteiger partial charge in [-0.15, -0.1) is 40.1 Å². The van der Waals surface area contributed by atoms with Gasteiger partial charge in [-0.2, -0.15) is 29.5 Å². The summed E-state index contributed by atoms with van der Waals surface area (Å²) in [5.74, 6) is 0. The summed E-state index contributed by atoms with van der Waals surface area (Å²) < 4.78 is 0. The Hall–Kier alpha value is -2.61. The molecule has 0 nitrogen and oxygen atoms in total. The predicted molar refractivity (Wildman–Crippen MR) is 181 cm³/mol. The van der Waals surface area contributed by atoms with Crippen molar-refractivity contribution >= 4 is 47.7 Å². The second kappa shape index (κ2) is 15.2. The molecule has 0 saturated carbocycles. The van der Waals surface area contributed by atoms with Gasteiger partial charge < -0.3 is 0 Å². The van der Waals surface area contributed by atoms with Gasteiger partial charge in [0.2, 0.25) is 0 Å². The van der Waals surface area contributed by atoms with Gasteiger partial charge in [-0.1, -0.05) is 127 Å². The van der Waals surface area contributed by atoms with E-state index in [4.69, 9.17) is 17.0 Å². The monoisotopic (exact) mass is 676 g/mol. The van der Waals surface area contributed by atoms with Crippen molar-refractivity contribution < 1.29 is 20.8 Å². The molecule has 0 N–H and O–H groups in total. The SMILES string of the molecule is CCCc1ccc2[cH-]c(-c3ccccc3)cc2c1-c1ccccc1CC.[Cl][Zr+2][Cl].[c-]1cccc2c1[Si]c1ccccc1-2. The van der Waals surface area contributed by atoms with Gasteiger partial charge in [0.15, 0.2) is 0 Å². The molecule has 1 aliphatic heterocycles. The van der Waals surface area contributed by atoms with Gasteiger partial charge in [-0.05, 0) is 29.5 Å². The Bertz CT molecular complexity index is 1710. The summed E-state index contributed by atoms with van der Waals surface area (Å²) >= 11 is -0.826. The van der Waals surface area contributed by atoms with Gasteiger partial charge in [0.25, 0.3) is 0 Å². The molecule has 0 atom stereocenters. The molecule has 0 fully saturated rings. The first kappa shape index (κ1) is 30.8. The minimum absolute atomic E-state index is 0.795. The van der Waals surface area contributed by atoms with Crippen LogP contribution in [0.1, 0.15) is 31.4 Å². The van der Waals surface area contributed by atoms with E-state index in [-0.39, 0.29) is 0 Å². The molecule has 0 spiro atoms. The maximum atomic E-state index is 4.93. The van der Waals surface area contributed by atoms with Crippen molar-refractivity contribution in [2.45, 2.75) is 33.1 Å². The van der Waals surface area contributed by atoms with Crippen LogP contribution in [0, 0.1) is 6.07 Å². The molecule has 0 bridgehead atoms. The summed E-state index contributed by atoms with van der Waals surface area (Å²) in [6.45, 7) is 4.51. The second-order valence-electron chi connectivity index (χ2n) is 10.2. The fourth-order valence-electron chi connectivity index (χ4n) is 5.72. The van der Waals surface area contributed by atoms with Crippen molar-refractivity contribution in [3.8, 4) is 33.4 Å². The Kier molecular flexibility index (Phi) is 11.2. The van der Waals surface area contributed by atoms with Crippen molar-refractivity contribution in [1.29, 1.82) is 0 Å². The van der Waals surface area contributed by atoms with Crippen LogP contribution in [-0.4, -0.2) is 9.52 Å². The van der Waals surface area contributed by atoms with Crippen LogP contribution in [0.5, 0.6) is 0 Å². The molecule has 0 amide bonds. The fourth-order valence-corrected chi connectivity index (χ4v) is 7.03. The average Bonchev–Trinajstić information content (AvgIpc) is 3.64. The summed E-state index contributed by atoms with van der Waals surface area (Å²) in [5.41, 5.74) is 11.1. The standard InChI is InChI=1S/C26H25.C12H7Si.2ClH.Zr/c1-3-10-21-15-16-22-17-23(20-12-6-5-7-13-20)18-25(22)26(21)24-14-9-8-11-19(24)4-2;1-3-7-11-9(5-1)10-6-2-4-8-12(10)13-11;;;/h5-9,11-18H,3-4,10H2,1-2H3;1-7H;2*1H;/q2*-1;;;+4/p-2. The quantitative estimate of drug-likeness (QED) is 0.126. The van der Waals surface area contributed by atoms with E-state index in [1.165, 1.54) is 72.1 Å². The zero-order chi connectivity index (χ0) is 29.3. The zero-order valence-corrected chi connectivity index (χ0v) is 28.9. The van der Waals surface area contributed by atoms with E-state index in [0.29, 0.717) is 0 Å². The molecule has 206 valence electrons. The summed E-state index contributed by atoms with van der Waals surface area (Å²) in [4.78, 5) is 0. The Balaban J connectivity index is 0.000000183. The zero-order valence-electron chi connectivity index (χ0n) is 23.9. The molecule has 1 heterocycles. The molecule has 7 rings (SSSR count). The third-order valence-electron chi connectivity index (χ3n) is 7.60. The Morgan fingerprint density at radius 1 is 0.738 bits per heavy atom. The summed E-state index contributed by atoms with van der Waals surface area (Å²) in [6, 6.07) is 47.1. The first-order chi connectivity index (χ1) is 20.7. The predicted octanol–water partition coefficient (Wildman–Crippen LogP) is 9.91. The van der Waals surface area contributed by atoms with E-state index < -0.39 is 20.8 Å². The maximum absolute atomic E-state index is 4.93. The smallest absolute Gasteiger partial charge is 0.0920 e. The number of hydrogen-bond acceptors (Lipinski definition) is 0. The van der Waals surface area contributed by atoms with Crippen LogP contribution in [-0.2, 0) is 33.7 Å². The first-order valence-corrected chi connectivity index (χ1v) is 21.7. The number of benzene rings is 5. The van der Waals surface area contributed by atoms with Crippen LogP contribution >= 0.6 is 17.0 Å². The third-order valence-corrected chi connectivity index (χ3v) is 8.97. The molecule has 0 unspecified atom stereocenters. The molecular weight excluding hydrogens is 647 g/mol. The first-order valence-electron chi connectivity index (χ1n) is 14.4. The Labute approximate surface area is 271 Å². The number of hydrogen-bond donors (Lipinski definition) is 0. The maximum Gasteiger partial charge on any atom is 0.0920 e. The van der Waals surface area contributed by atoms with Crippen molar-refractivity contribution in [2.75, 3.05) is 0 Å². The van der Waals surface area contributed by atoms with Crippen LogP contribution in [0.3, 0.4) is 0 Å². The Morgan fingerprint density at radius 2 is 1.43 bits per heavy atom. The minimum atomic E-state index is -0.826. The number of rotatable bonds is 5. The number of aryl methyl sites for hydroxylation is 2. The second-order valence-corrected chi connectivity index (χ2v) is 15.2. The molecule has 1 aliphatic rings. The van der Waals surface area contributed by atoms with Crippen LogP contribution in [0.15, 0.2) is 121 Å². The van der Waals surface area contributed by atoms with Crippen LogP contribution < -0.4 is 10.4 Å². The van der Waals surface area contributed by atoms with Crippen molar-refractivity contribution in [2.24, 2.45) is 0 Å². The molecule has 4 heteroatoms. The molecule has 0 saturated heterocycles. The van der Waals surface area contributed by atoms with Crippen LogP contribution in [0.2, 0.25) is 0 Å². The summed E-state index contributed by atoms with van der Waals surface area (Å²) in [7, 11) is 10.7. The van der Waals surface area contributed by atoms with Gasteiger partial charge in [0.1, 0.15) is 0 Å². The minimum Gasteiger partial charge on any atom is -0.184 e. The van der Waals surface area contributed by atoms with Gasteiger partial charge in [-0.25, -0.2) is 0 Å². The largest absolute Gasteiger partial charge is 0.184 e. The molecule has 0 aromatic heterocycles. The van der Waals surface area contributed by atoms with E-state index in [1.807, 2.05) is 6.07 Å². The van der Waals surface area contributed by atoms with E-state index in [2.05, 4.69) is 135 Å². The number of fused-ring (bicyclic) bond motifs is 4. The molecule has 6 aromatic rings. The van der Waals surface area contributed by atoms with Crippen molar-refractivity contribution in [3.63, 3.8) is 0 Å². The molecular formula is C38H32Cl2SiZr. The molecule has 6 aromatic carbocycles. The summed E-state index contributed by atoms with van der Waals surface area (Å²) in [6.07, 6.45) is 3.35. The van der Waals surface area contributed by atoms with Crippen LogP contribution in [0.4, 0.5) is 0 Å². The van der Waals surface area contributed by atoms with Crippen LogP contribution in [0.25, 0.3) is 44.2 Å². The third kappa shape index (κ3) is 6.95. The topological polar surface area (TPSA) is 0 Å². The number of halogens is 2. The molecule has 42 heavy (non-hydrogen) atoms. The normalized spacial score (nSPS) is 11.0. The van der Waals surface area contributed by atoms with Gasteiger partial charge in [0, 0.05) is 0 Å². The summed E-state index contributed by atoms with van der Waals surface area (Å²) in [5, 5.41) is 5.55. The van der Waals surface area contributed by atoms with Gasteiger partial charge in [-0.3, -0.25) is 0 Å². The molecule has 0 aliphatic carbocycles. The fraction of sp³-hybridized carbons (Fsp3) is 0.132. The van der Waals surface area contributed by atoms with Crippen molar-refractivity contribution in [1.82, 2.24) is 0 Å². The van der Waals surface area contributed by atoms with E-state index in [0.717, 1.165) is 22.4 Å². The van der Waals surface area contributed by atoms with Gasteiger partial charge >= 0.3 is 37.9 Å².